The minimum Gasteiger partial charge on any atom is -0.348 e. The third kappa shape index (κ3) is 5.34. The summed E-state index contributed by atoms with van der Waals surface area (Å²) in [5, 5.41) is 5.41. The van der Waals surface area contributed by atoms with Crippen LogP contribution in [-0.2, 0) is 6.54 Å². The van der Waals surface area contributed by atoms with Gasteiger partial charge in [0.25, 0.3) is 11.8 Å². The summed E-state index contributed by atoms with van der Waals surface area (Å²) in [5.74, 6) is -1.48. The molecule has 0 fully saturated rings. The molecule has 148 valence electrons. The molecule has 3 aromatic rings. The number of carbonyl (C=O) groups excluding carboxylic acids is 2. The van der Waals surface area contributed by atoms with Gasteiger partial charge in [0.05, 0.1) is 15.6 Å². The van der Waals surface area contributed by atoms with E-state index in [2.05, 4.69) is 10.6 Å². The number of carbonyl (C=O) groups is 2. The van der Waals surface area contributed by atoms with Gasteiger partial charge in [-0.1, -0.05) is 53.0 Å². The summed E-state index contributed by atoms with van der Waals surface area (Å²) in [5.41, 5.74) is 2.97. The molecule has 2 N–H and O–H groups in total. The molecule has 0 aliphatic heterocycles. The molecule has 0 heterocycles. The van der Waals surface area contributed by atoms with Crippen LogP contribution in [0.1, 0.15) is 31.8 Å². The molecule has 7 heteroatoms. The van der Waals surface area contributed by atoms with E-state index in [1.54, 1.807) is 36.4 Å². The number of anilines is 1. The number of aryl methyl sites for hydroxylation is 1. The lowest BCUT2D eigenvalue weighted by molar-refractivity contribution is 0.0949. The van der Waals surface area contributed by atoms with Crippen LogP contribution in [0.5, 0.6) is 0 Å². The van der Waals surface area contributed by atoms with Crippen molar-refractivity contribution in [2.75, 3.05) is 5.32 Å². The number of halogens is 3. The van der Waals surface area contributed by atoms with Crippen LogP contribution < -0.4 is 10.6 Å². The van der Waals surface area contributed by atoms with Crippen LogP contribution in [0.25, 0.3) is 0 Å². The van der Waals surface area contributed by atoms with E-state index in [0.29, 0.717) is 11.3 Å². The predicted molar refractivity (Wildman–Crippen MR) is 113 cm³/mol. The molecule has 3 rings (SSSR count). The molecule has 0 unspecified atom stereocenters. The molecule has 3 aromatic carbocycles. The number of amides is 2. The minimum atomic E-state index is -0.720. The third-order valence-electron chi connectivity index (χ3n) is 4.21. The Morgan fingerprint density at radius 1 is 0.931 bits per heavy atom. The van der Waals surface area contributed by atoms with Crippen molar-refractivity contribution in [3.8, 4) is 0 Å². The summed E-state index contributed by atoms with van der Waals surface area (Å²) in [7, 11) is 0. The maximum Gasteiger partial charge on any atom is 0.255 e. The van der Waals surface area contributed by atoms with Gasteiger partial charge < -0.3 is 10.6 Å². The monoisotopic (exact) mass is 430 g/mol. The van der Waals surface area contributed by atoms with E-state index < -0.39 is 11.7 Å². The molecule has 2 amide bonds. The largest absolute Gasteiger partial charge is 0.348 e. The van der Waals surface area contributed by atoms with Gasteiger partial charge >= 0.3 is 0 Å². The van der Waals surface area contributed by atoms with Crippen molar-refractivity contribution in [3.63, 3.8) is 0 Å². The van der Waals surface area contributed by atoms with Crippen LogP contribution in [-0.4, -0.2) is 11.8 Å². The zero-order valence-corrected chi connectivity index (χ0v) is 16.9. The summed E-state index contributed by atoms with van der Waals surface area (Å²) < 4.78 is 13.6. The average Bonchev–Trinajstić information content (AvgIpc) is 2.69. The van der Waals surface area contributed by atoms with E-state index in [1.807, 2.05) is 19.1 Å². The number of rotatable bonds is 5. The Bertz CT molecular complexity index is 1070. The molecule has 29 heavy (non-hydrogen) atoms. The van der Waals surface area contributed by atoms with Gasteiger partial charge in [0.15, 0.2) is 0 Å². The minimum absolute atomic E-state index is 0.00241. The van der Waals surface area contributed by atoms with Gasteiger partial charge in [0.2, 0.25) is 0 Å². The molecule has 0 saturated carbocycles. The first-order chi connectivity index (χ1) is 13.8. The van der Waals surface area contributed by atoms with E-state index in [9.17, 15) is 14.0 Å². The lowest BCUT2D eigenvalue weighted by atomic mass is 10.1. The highest BCUT2D eigenvalue weighted by Gasteiger charge is 2.14. The second-order valence-corrected chi connectivity index (χ2v) is 7.26. The number of hydrogen-bond donors (Lipinski definition) is 2. The van der Waals surface area contributed by atoms with Crippen LogP contribution in [0.2, 0.25) is 10.0 Å². The highest BCUT2D eigenvalue weighted by atomic mass is 35.5. The van der Waals surface area contributed by atoms with E-state index in [1.165, 1.54) is 6.07 Å². The Labute approximate surface area is 177 Å². The van der Waals surface area contributed by atoms with Gasteiger partial charge in [0, 0.05) is 17.8 Å². The van der Waals surface area contributed by atoms with Crippen LogP contribution >= 0.6 is 23.2 Å². The maximum absolute atomic E-state index is 13.6. The highest BCUT2D eigenvalue weighted by Crippen LogP contribution is 2.24. The molecule has 0 aromatic heterocycles. The van der Waals surface area contributed by atoms with Crippen LogP contribution in [0.4, 0.5) is 10.1 Å². The van der Waals surface area contributed by atoms with Gasteiger partial charge in [-0.2, -0.15) is 0 Å². The van der Waals surface area contributed by atoms with Gasteiger partial charge in [0.1, 0.15) is 5.82 Å². The van der Waals surface area contributed by atoms with Crippen molar-refractivity contribution >= 4 is 40.7 Å². The highest BCUT2D eigenvalue weighted by molar-refractivity contribution is 6.36. The maximum atomic E-state index is 13.6. The topological polar surface area (TPSA) is 58.2 Å². The Kier molecular flexibility index (Phi) is 6.52. The fraction of sp³-hybridized carbons (Fsp3) is 0.0909. The molecule has 0 atom stereocenters. The van der Waals surface area contributed by atoms with E-state index in [0.717, 1.165) is 17.2 Å². The summed E-state index contributed by atoms with van der Waals surface area (Å²) in [6.45, 7) is 2.12. The van der Waals surface area contributed by atoms with Gasteiger partial charge in [-0.25, -0.2) is 4.39 Å². The molecule has 0 bridgehead atoms. The summed E-state index contributed by atoms with van der Waals surface area (Å²) in [6, 6.07) is 16.5. The van der Waals surface area contributed by atoms with Crippen LogP contribution in [0.3, 0.4) is 0 Å². The second kappa shape index (κ2) is 9.07. The molecular formula is C22H17Cl2FN2O2. The number of benzene rings is 3. The lowest BCUT2D eigenvalue weighted by Crippen LogP contribution is -2.23. The fourth-order valence-electron chi connectivity index (χ4n) is 2.64. The molecular weight excluding hydrogens is 414 g/mol. The van der Waals surface area contributed by atoms with E-state index in [-0.39, 0.29) is 28.1 Å². The molecule has 4 nitrogen and oxygen atoms in total. The lowest BCUT2D eigenvalue weighted by Gasteiger charge is -2.10. The zero-order valence-electron chi connectivity index (χ0n) is 15.4. The summed E-state index contributed by atoms with van der Waals surface area (Å²) >= 11 is 11.6. The molecule has 0 aliphatic rings. The van der Waals surface area contributed by atoms with E-state index in [4.69, 9.17) is 23.2 Å². The van der Waals surface area contributed by atoms with Crippen LogP contribution in [0.15, 0.2) is 60.7 Å². The number of nitrogens with one attached hydrogen (secondary N) is 2. The summed E-state index contributed by atoms with van der Waals surface area (Å²) in [6.07, 6.45) is 0. The van der Waals surface area contributed by atoms with Gasteiger partial charge in [-0.15, -0.1) is 0 Å². The van der Waals surface area contributed by atoms with Crippen molar-refractivity contribution in [3.05, 3.63) is 98.8 Å². The normalized spacial score (nSPS) is 10.5. The van der Waals surface area contributed by atoms with Gasteiger partial charge in [-0.05, 0) is 48.9 Å². The first kappa shape index (κ1) is 20.8. The SMILES string of the molecule is Cc1ccc(C(=O)Nc2cccc(CNC(=O)c3cc(F)c(Cl)cc3Cl)c2)cc1. The molecule has 0 radical (unpaired) electrons. The summed E-state index contributed by atoms with van der Waals surface area (Å²) in [4.78, 5) is 24.6. The fourth-order valence-corrected chi connectivity index (χ4v) is 3.11. The average molecular weight is 431 g/mol. The van der Waals surface area contributed by atoms with Crippen molar-refractivity contribution in [2.45, 2.75) is 13.5 Å². The predicted octanol–water partition coefficient (Wildman–Crippen LogP) is 5.62. The van der Waals surface area contributed by atoms with Gasteiger partial charge in [-0.3, -0.25) is 9.59 Å². The van der Waals surface area contributed by atoms with Crippen molar-refractivity contribution in [2.24, 2.45) is 0 Å². The standard InChI is InChI=1S/C22H17Cl2FN2O2/c1-13-5-7-15(8-6-13)21(28)27-16-4-2-3-14(9-16)12-26-22(29)17-10-20(25)19(24)11-18(17)23/h2-11H,12H2,1H3,(H,26,29)(H,27,28). The molecule has 0 saturated heterocycles. The Morgan fingerprint density at radius 3 is 2.38 bits per heavy atom. The van der Waals surface area contributed by atoms with E-state index >= 15 is 0 Å². The van der Waals surface area contributed by atoms with Crippen molar-refractivity contribution in [1.29, 1.82) is 0 Å². The van der Waals surface area contributed by atoms with Crippen molar-refractivity contribution < 1.29 is 14.0 Å². The smallest absolute Gasteiger partial charge is 0.255 e. The molecule has 0 spiro atoms. The first-order valence-corrected chi connectivity index (χ1v) is 9.49. The Balaban J connectivity index is 1.65. The Hall–Kier alpha value is -2.89. The van der Waals surface area contributed by atoms with Crippen LogP contribution in [0, 0.1) is 12.7 Å². The first-order valence-electron chi connectivity index (χ1n) is 8.73. The second-order valence-electron chi connectivity index (χ2n) is 6.45. The zero-order chi connectivity index (χ0) is 21.0. The quantitative estimate of drug-likeness (QED) is 0.515. The molecule has 0 aliphatic carbocycles. The Morgan fingerprint density at radius 2 is 1.66 bits per heavy atom. The third-order valence-corrected chi connectivity index (χ3v) is 4.81. The number of hydrogen-bond acceptors (Lipinski definition) is 2. The van der Waals surface area contributed by atoms with Crippen molar-refractivity contribution in [1.82, 2.24) is 5.32 Å².